The van der Waals surface area contributed by atoms with Gasteiger partial charge in [-0.2, -0.15) is 4.98 Å². The first-order valence-electron chi connectivity index (χ1n) is 10.1. The number of rotatable bonds is 4. The first-order valence-corrected chi connectivity index (χ1v) is 10.1. The van der Waals surface area contributed by atoms with Crippen molar-refractivity contribution in [1.29, 1.82) is 0 Å². The Balaban J connectivity index is 1.37. The highest BCUT2D eigenvalue weighted by atomic mass is 16.2. The van der Waals surface area contributed by atoms with Crippen molar-refractivity contribution in [3.63, 3.8) is 0 Å². The minimum absolute atomic E-state index is 0.0615. The smallest absolute Gasteiger partial charge is 0.246 e. The number of carbonyl (C=O) groups excluding carboxylic acids is 1. The molecular formula is C22H27N5O. The molecule has 2 aliphatic rings. The van der Waals surface area contributed by atoms with Gasteiger partial charge in [-0.1, -0.05) is 30.3 Å². The van der Waals surface area contributed by atoms with Crippen LogP contribution in [0.4, 0.5) is 11.8 Å². The summed E-state index contributed by atoms with van der Waals surface area (Å²) in [6.45, 7) is 7.07. The molecule has 0 spiro atoms. The molecule has 2 fully saturated rings. The van der Waals surface area contributed by atoms with E-state index in [-0.39, 0.29) is 5.91 Å². The maximum absolute atomic E-state index is 12.5. The molecule has 0 N–H and O–H groups in total. The molecule has 1 aromatic carbocycles. The lowest BCUT2D eigenvalue weighted by Crippen LogP contribution is -2.49. The highest BCUT2D eigenvalue weighted by molar-refractivity contribution is 5.91. The maximum atomic E-state index is 12.5. The molecule has 146 valence electrons. The van der Waals surface area contributed by atoms with E-state index in [9.17, 15) is 4.79 Å². The number of hydrogen-bond donors (Lipinski definition) is 0. The zero-order chi connectivity index (χ0) is 19.3. The second kappa shape index (κ2) is 8.42. The molecule has 4 rings (SSSR count). The Hall–Kier alpha value is -2.89. The summed E-state index contributed by atoms with van der Waals surface area (Å²) in [4.78, 5) is 28.4. The molecule has 6 heteroatoms. The number of carbonyl (C=O) groups is 1. The lowest BCUT2D eigenvalue weighted by atomic mass is 10.2. The lowest BCUT2D eigenvalue weighted by molar-refractivity contribution is -0.126. The number of benzene rings is 1. The van der Waals surface area contributed by atoms with Gasteiger partial charge in [0.05, 0.1) is 0 Å². The van der Waals surface area contributed by atoms with Crippen LogP contribution in [0.5, 0.6) is 0 Å². The van der Waals surface area contributed by atoms with Gasteiger partial charge in [-0.25, -0.2) is 4.98 Å². The van der Waals surface area contributed by atoms with Crippen molar-refractivity contribution in [2.45, 2.75) is 19.8 Å². The summed E-state index contributed by atoms with van der Waals surface area (Å²) in [6.07, 6.45) is 6.01. The fourth-order valence-electron chi connectivity index (χ4n) is 3.75. The number of nitrogens with zero attached hydrogens (tertiary/aromatic N) is 5. The molecule has 2 aliphatic heterocycles. The molecule has 0 unspecified atom stereocenters. The van der Waals surface area contributed by atoms with Gasteiger partial charge in [0.1, 0.15) is 5.82 Å². The van der Waals surface area contributed by atoms with Crippen LogP contribution in [0.2, 0.25) is 0 Å². The third-order valence-electron chi connectivity index (χ3n) is 5.35. The Morgan fingerprint density at radius 3 is 2.36 bits per heavy atom. The van der Waals surface area contributed by atoms with E-state index in [0.29, 0.717) is 13.1 Å². The number of amides is 1. The zero-order valence-electron chi connectivity index (χ0n) is 16.4. The molecule has 3 heterocycles. The average molecular weight is 377 g/mol. The Kier molecular flexibility index (Phi) is 5.55. The van der Waals surface area contributed by atoms with Crippen LogP contribution in [0.1, 0.15) is 24.1 Å². The van der Waals surface area contributed by atoms with Crippen LogP contribution in [0.15, 0.2) is 42.5 Å². The van der Waals surface area contributed by atoms with Gasteiger partial charge in [0.15, 0.2) is 0 Å². The van der Waals surface area contributed by atoms with Gasteiger partial charge >= 0.3 is 0 Å². The summed E-state index contributed by atoms with van der Waals surface area (Å²) in [7, 11) is 0. The second-order valence-electron chi connectivity index (χ2n) is 7.42. The predicted molar refractivity (Wildman–Crippen MR) is 112 cm³/mol. The molecule has 0 radical (unpaired) electrons. The Morgan fingerprint density at radius 2 is 1.64 bits per heavy atom. The van der Waals surface area contributed by atoms with E-state index >= 15 is 0 Å². The second-order valence-corrected chi connectivity index (χ2v) is 7.42. The maximum Gasteiger partial charge on any atom is 0.246 e. The van der Waals surface area contributed by atoms with Crippen molar-refractivity contribution >= 4 is 23.7 Å². The Labute approximate surface area is 166 Å². The summed E-state index contributed by atoms with van der Waals surface area (Å²) in [5, 5.41) is 0. The largest absolute Gasteiger partial charge is 0.356 e. The summed E-state index contributed by atoms with van der Waals surface area (Å²) in [5.74, 6) is 1.88. The number of aryl methyl sites for hydroxylation is 1. The summed E-state index contributed by atoms with van der Waals surface area (Å²) >= 11 is 0. The van der Waals surface area contributed by atoms with Gasteiger partial charge in [-0.15, -0.1) is 0 Å². The van der Waals surface area contributed by atoms with Crippen molar-refractivity contribution in [2.75, 3.05) is 49.1 Å². The Morgan fingerprint density at radius 1 is 0.929 bits per heavy atom. The molecule has 0 bridgehead atoms. The van der Waals surface area contributed by atoms with Gasteiger partial charge in [0.2, 0.25) is 11.9 Å². The number of piperazine rings is 1. The van der Waals surface area contributed by atoms with Crippen LogP contribution >= 0.6 is 0 Å². The van der Waals surface area contributed by atoms with Crippen molar-refractivity contribution in [1.82, 2.24) is 14.9 Å². The van der Waals surface area contributed by atoms with E-state index in [1.54, 1.807) is 6.08 Å². The topological polar surface area (TPSA) is 52.6 Å². The van der Waals surface area contributed by atoms with E-state index in [1.165, 1.54) is 12.8 Å². The first-order chi connectivity index (χ1) is 13.7. The quantitative estimate of drug-likeness (QED) is 0.767. The fraction of sp³-hybridized carbons (Fsp3) is 0.409. The number of hydrogen-bond acceptors (Lipinski definition) is 5. The Bertz CT molecular complexity index is 837. The summed E-state index contributed by atoms with van der Waals surface area (Å²) in [5.41, 5.74) is 2.04. The molecule has 0 saturated carbocycles. The SMILES string of the molecule is Cc1cc(N2CCCC2)nc(N2CCN(C(=O)/C=C/c3ccccc3)CC2)n1. The van der Waals surface area contributed by atoms with E-state index < -0.39 is 0 Å². The number of anilines is 2. The number of aromatic nitrogens is 2. The van der Waals surface area contributed by atoms with E-state index in [4.69, 9.17) is 4.98 Å². The zero-order valence-corrected chi connectivity index (χ0v) is 16.4. The van der Waals surface area contributed by atoms with Crippen LogP contribution in [0, 0.1) is 6.92 Å². The van der Waals surface area contributed by atoms with Crippen molar-refractivity contribution in [2.24, 2.45) is 0 Å². The standard InChI is InChI=1S/C22H27N5O/c1-18-17-20(25-11-5-6-12-25)24-22(23-18)27-15-13-26(14-16-27)21(28)10-9-19-7-3-2-4-8-19/h2-4,7-10,17H,5-6,11-16H2,1H3/b10-9+. The lowest BCUT2D eigenvalue weighted by Gasteiger charge is -2.34. The monoisotopic (exact) mass is 377 g/mol. The van der Waals surface area contributed by atoms with Gasteiger partial charge in [-0.05, 0) is 31.4 Å². The van der Waals surface area contributed by atoms with E-state index in [0.717, 1.165) is 49.2 Å². The molecule has 28 heavy (non-hydrogen) atoms. The van der Waals surface area contributed by atoms with Crippen molar-refractivity contribution in [3.05, 3.63) is 53.7 Å². The highest BCUT2D eigenvalue weighted by Gasteiger charge is 2.23. The molecule has 0 aliphatic carbocycles. The van der Waals surface area contributed by atoms with E-state index in [1.807, 2.05) is 48.2 Å². The third kappa shape index (κ3) is 4.32. The van der Waals surface area contributed by atoms with Crippen LogP contribution in [0.3, 0.4) is 0 Å². The van der Waals surface area contributed by atoms with Gasteiger partial charge in [0, 0.05) is 57.1 Å². The van der Waals surface area contributed by atoms with Gasteiger partial charge in [-0.3, -0.25) is 4.79 Å². The minimum Gasteiger partial charge on any atom is -0.356 e. The average Bonchev–Trinajstić information content (AvgIpc) is 3.27. The first kappa shape index (κ1) is 18.5. The molecule has 0 atom stereocenters. The fourth-order valence-corrected chi connectivity index (χ4v) is 3.75. The van der Waals surface area contributed by atoms with Crippen molar-refractivity contribution in [3.8, 4) is 0 Å². The molecule has 6 nitrogen and oxygen atoms in total. The molecule has 1 aromatic heterocycles. The molecular weight excluding hydrogens is 350 g/mol. The van der Waals surface area contributed by atoms with Crippen LogP contribution in [0.25, 0.3) is 6.08 Å². The van der Waals surface area contributed by atoms with Gasteiger partial charge in [0.25, 0.3) is 0 Å². The van der Waals surface area contributed by atoms with Crippen LogP contribution in [-0.4, -0.2) is 60.0 Å². The molecule has 2 aromatic rings. The molecule has 2 saturated heterocycles. The summed E-state index contributed by atoms with van der Waals surface area (Å²) < 4.78 is 0. The minimum atomic E-state index is 0.0615. The third-order valence-corrected chi connectivity index (χ3v) is 5.35. The van der Waals surface area contributed by atoms with E-state index in [2.05, 4.69) is 20.9 Å². The predicted octanol–water partition coefficient (Wildman–Crippen LogP) is 2.75. The summed E-state index contributed by atoms with van der Waals surface area (Å²) in [6, 6.07) is 12.0. The highest BCUT2D eigenvalue weighted by Crippen LogP contribution is 2.22. The normalized spacial score (nSPS) is 17.5. The molecule has 1 amide bonds. The van der Waals surface area contributed by atoms with Gasteiger partial charge < -0.3 is 14.7 Å². The van der Waals surface area contributed by atoms with Crippen molar-refractivity contribution < 1.29 is 4.79 Å². The van der Waals surface area contributed by atoms with Crippen LogP contribution < -0.4 is 9.80 Å². The van der Waals surface area contributed by atoms with Crippen LogP contribution in [-0.2, 0) is 4.79 Å².